The molecule has 2 heteroatoms. The first kappa shape index (κ1) is 17.2. The van der Waals surface area contributed by atoms with E-state index >= 15 is 0 Å². The van der Waals surface area contributed by atoms with Gasteiger partial charge in [0.05, 0.1) is 0 Å². The Morgan fingerprint density at radius 1 is 1.05 bits per heavy atom. The molecular formula is C20H32N2. The van der Waals surface area contributed by atoms with E-state index in [1.165, 1.54) is 56.7 Å². The largest absolute Gasteiger partial charge is 0.301 e. The zero-order chi connectivity index (χ0) is 15.8. The van der Waals surface area contributed by atoms with Gasteiger partial charge in [-0.1, -0.05) is 48.9 Å². The number of rotatable bonds is 7. The summed E-state index contributed by atoms with van der Waals surface area (Å²) in [4.78, 5) is 5.23. The third-order valence-corrected chi connectivity index (χ3v) is 4.50. The molecule has 0 aliphatic carbocycles. The van der Waals surface area contributed by atoms with Crippen LogP contribution in [0.5, 0.6) is 0 Å². The second kappa shape index (κ2) is 9.12. The molecule has 0 saturated carbocycles. The normalized spacial score (nSPS) is 18.1. The highest BCUT2D eigenvalue weighted by Gasteiger charge is 2.18. The van der Waals surface area contributed by atoms with Crippen molar-refractivity contribution in [3.05, 3.63) is 47.5 Å². The average Bonchev–Trinajstić information content (AvgIpc) is 2.50. The molecule has 122 valence electrons. The Labute approximate surface area is 136 Å². The van der Waals surface area contributed by atoms with E-state index in [4.69, 9.17) is 0 Å². The summed E-state index contributed by atoms with van der Waals surface area (Å²) in [6, 6.07) is 10.8. The average molecular weight is 300 g/mol. The maximum atomic E-state index is 2.65. The second-order valence-electron chi connectivity index (χ2n) is 7.03. The van der Waals surface area contributed by atoms with Gasteiger partial charge in [-0.15, -0.1) is 0 Å². The van der Waals surface area contributed by atoms with Gasteiger partial charge in [-0.3, -0.25) is 4.90 Å². The van der Waals surface area contributed by atoms with E-state index in [0.717, 1.165) is 12.5 Å². The molecule has 1 fully saturated rings. The Morgan fingerprint density at radius 2 is 1.68 bits per heavy atom. The van der Waals surface area contributed by atoms with Crippen molar-refractivity contribution in [1.29, 1.82) is 0 Å². The van der Waals surface area contributed by atoms with Gasteiger partial charge < -0.3 is 4.90 Å². The van der Waals surface area contributed by atoms with Crippen LogP contribution in [0.4, 0.5) is 0 Å². The molecule has 0 amide bonds. The Hall–Kier alpha value is -1.12. The number of allylic oxidation sites excluding steroid dienone is 2. The van der Waals surface area contributed by atoms with Crippen LogP contribution < -0.4 is 0 Å². The van der Waals surface area contributed by atoms with Crippen molar-refractivity contribution in [2.75, 3.05) is 32.7 Å². The maximum absolute atomic E-state index is 2.65. The van der Waals surface area contributed by atoms with Gasteiger partial charge >= 0.3 is 0 Å². The quantitative estimate of drug-likeness (QED) is 0.697. The molecule has 2 rings (SSSR count). The molecule has 0 spiro atoms. The number of nitrogens with zero attached hydrogens (tertiary/aromatic N) is 2. The Balaban J connectivity index is 1.65. The summed E-state index contributed by atoms with van der Waals surface area (Å²) < 4.78 is 0. The van der Waals surface area contributed by atoms with Crippen molar-refractivity contribution in [2.45, 2.75) is 40.2 Å². The number of benzene rings is 1. The number of piperazine rings is 1. The predicted octanol–water partition coefficient (Wildman–Crippen LogP) is 4.19. The second-order valence-corrected chi connectivity index (χ2v) is 7.03. The van der Waals surface area contributed by atoms with Crippen molar-refractivity contribution in [3.63, 3.8) is 0 Å². The van der Waals surface area contributed by atoms with Gasteiger partial charge in [-0.2, -0.15) is 0 Å². The van der Waals surface area contributed by atoms with Crippen LogP contribution in [-0.4, -0.2) is 42.5 Å². The summed E-state index contributed by atoms with van der Waals surface area (Å²) in [5, 5.41) is 0. The van der Waals surface area contributed by atoms with E-state index in [9.17, 15) is 0 Å². The first-order valence-corrected chi connectivity index (χ1v) is 8.75. The van der Waals surface area contributed by atoms with Crippen LogP contribution in [0.1, 0.15) is 39.2 Å². The monoisotopic (exact) mass is 300 g/mol. The minimum absolute atomic E-state index is 0.802. The van der Waals surface area contributed by atoms with Crippen LogP contribution in [0.15, 0.2) is 42.0 Å². The molecule has 22 heavy (non-hydrogen) atoms. The maximum Gasteiger partial charge on any atom is 0.0234 e. The fourth-order valence-electron chi connectivity index (χ4n) is 3.16. The van der Waals surface area contributed by atoms with Crippen molar-refractivity contribution < 1.29 is 0 Å². The molecule has 0 aromatic heterocycles. The van der Waals surface area contributed by atoms with Crippen molar-refractivity contribution in [3.8, 4) is 0 Å². The van der Waals surface area contributed by atoms with Crippen LogP contribution in [0.25, 0.3) is 0 Å². The van der Waals surface area contributed by atoms with Gasteiger partial charge in [0.15, 0.2) is 0 Å². The molecule has 0 radical (unpaired) electrons. The van der Waals surface area contributed by atoms with Gasteiger partial charge in [-0.05, 0) is 38.2 Å². The first-order chi connectivity index (χ1) is 10.6. The molecule has 1 aromatic carbocycles. The Morgan fingerprint density at radius 3 is 2.32 bits per heavy atom. The van der Waals surface area contributed by atoms with E-state index < -0.39 is 0 Å². The standard InChI is InChI=1S/C20H32N2/c1-18(2)8-7-9-19(3)16-21-12-14-22(15-13-21)17-20-10-5-4-6-11-20/h4-6,8,10-11,19H,7,9,12-17H2,1-3H3/t19-/m0/s1. The zero-order valence-electron chi connectivity index (χ0n) is 14.6. The van der Waals surface area contributed by atoms with E-state index in [0.29, 0.717) is 0 Å². The van der Waals surface area contributed by atoms with Crippen LogP contribution >= 0.6 is 0 Å². The topological polar surface area (TPSA) is 6.48 Å². The highest BCUT2D eigenvalue weighted by Crippen LogP contribution is 2.13. The SMILES string of the molecule is CC(C)=CCC[C@H](C)CN1CCN(Cc2ccccc2)CC1. The summed E-state index contributed by atoms with van der Waals surface area (Å²) in [5.74, 6) is 0.802. The Bertz CT molecular complexity index is 440. The fraction of sp³-hybridized carbons (Fsp3) is 0.600. The van der Waals surface area contributed by atoms with E-state index in [1.807, 2.05) is 0 Å². The smallest absolute Gasteiger partial charge is 0.0234 e. The van der Waals surface area contributed by atoms with Gasteiger partial charge in [-0.25, -0.2) is 0 Å². The molecule has 0 N–H and O–H groups in total. The molecule has 2 nitrogen and oxygen atoms in total. The molecule has 0 unspecified atom stereocenters. The molecule has 1 saturated heterocycles. The first-order valence-electron chi connectivity index (χ1n) is 8.75. The third-order valence-electron chi connectivity index (χ3n) is 4.50. The van der Waals surface area contributed by atoms with E-state index in [2.05, 4.69) is 67.0 Å². The molecule has 1 heterocycles. The van der Waals surface area contributed by atoms with Gasteiger partial charge in [0.2, 0.25) is 0 Å². The van der Waals surface area contributed by atoms with E-state index in [1.54, 1.807) is 0 Å². The lowest BCUT2D eigenvalue weighted by Gasteiger charge is -2.36. The van der Waals surface area contributed by atoms with Gasteiger partial charge in [0.1, 0.15) is 0 Å². The minimum atomic E-state index is 0.802. The summed E-state index contributed by atoms with van der Waals surface area (Å²) in [7, 11) is 0. The summed E-state index contributed by atoms with van der Waals surface area (Å²) in [5.41, 5.74) is 2.88. The predicted molar refractivity (Wildman–Crippen MR) is 96.0 cm³/mol. The summed E-state index contributed by atoms with van der Waals surface area (Å²) in [6.45, 7) is 14.0. The van der Waals surface area contributed by atoms with E-state index in [-0.39, 0.29) is 0 Å². The van der Waals surface area contributed by atoms with Crippen molar-refractivity contribution in [1.82, 2.24) is 9.80 Å². The summed E-state index contributed by atoms with van der Waals surface area (Å²) in [6.07, 6.45) is 4.92. The highest BCUT2D eigenvalue weighted by atomic mass is 15.3. The summed E-state index contributed by atoms with van der Waals surface area (Å²) >= 11 is 0. The van der Waals surface area contributed by atoms with Crippen molar-refractivity contribution >= 4 is 0 Å². The molecule has 0 bridgehead atoms. The lowest BCUT2D eigenvalue weighted by Crippen LogP contribution is -2.47. The zero-order valence-corrected chi connectivity index (χ0v) is 14.6. The van der Waals surface area contributed by atoms with Crippen LogP contribution in [0.3, 0.4) is 0 Å². The number of hydrogen-bond donors (Lipinski definition) is 0. The van der Waals surface area contributed by atoms with Crippen LogP contribution in [0, 0.1) is 5.92 Å². The lowest BCUT2D eigenvalue weighted by molar-refractivity contribution is 0.114. The Kier molecular flexibility index (Phi) is 7.14. The van der Waals surface area contributed by atoms with Crippen molar-refractivity contribution in [2.24, 2.45) is 5.92 Å². The molecule has 1 aliphatic heterocycles. The van der Waals surface area contributed by atoms with Crippen LogP contribution in [0.2, 0.25) is 0 Å². The molecular weight excluding hydrogens is 268 g/mol. The van der Waals surface area contributed by atoms with Crippen LogP contribution in [-0.2, 0) is 6.54 Å². The molecule has 1 atom stereocenters. The lowest BCUT2D eigenvalue weighted by atomic mass is 10.0. The number of hydrogen-bond acceptors (Lipinski definition) is 2. The molecule has 1 aliphatic rings. The fourth-order valence-corrected chi connectivity index (χ4v) is 3.16. The van der Waals surface area contributed by atoms with Gasteiger partial charge in [0.25, 0.3) is 0 Å². The highest BCUT2D eigenvalue weighted by molar-refractivity contribution is 5.14. The third kappa shape index (κ3) is 6.33. The molecule has 1 aromatic rings. The minimum Gasteiger partial charge on any atom is -0.301 e. The van der Waals surface area contributed by atoms with Gasteiger partial charge in [0, 0.05) is 39.3 Å².